The molecule has 0 aromatic heterocycles. The zero-order valence-corrected chi connectivity index (χ0v) is 8.37. The Morgan fingerprint density at radius 1 is 1.25 bits per heavy atom. The molecule has 0 aromatic carbocycles. The van der Waals surface area contributed by atoms with Gasteiger partial charge in [0, 0.05) is 6.61 Å². The van der Waals surface area contributed by atoms with Crippen molar-refractivity contribution in [3.05, 3.63) is 0 Å². The highest BCUT2D eigenvalue weighted by atomic mass is 16.5. The molecule has 0 heterocycles. The van der Waals surface area contributed by atoms with E-state index in [0.717, 1.165) is 0 Å². The summed E-state index contributed by atoms with van der Waals surface area (Å²) < 4.78 is 5.00. The van der Waals surface area contributed by atoms with E-state index in [1.54, 1.807) is 0 Å². The van der Waals surface area contributed by atoms with E-state index in [0.29, 0.717) is 6.61 Å². The maximum atomic E-state index is 9.55. The van der Waals surface area contributed by atoms with Gasteiger partial charge in [0.2, 0.25) is 0 Å². The molecule has 0 aliphatic rings. The quantitative estimate of drug-likeness (QED) is 0.666. The second-order valence-electron chi connectivity index (χ2n) is 4.04. The molecule has 0 fully saturated rings. The van der Waals surface area contributed by atoms with Crippen LogP contribution >= 0.6 is 0 Å². The second-order valence-corrected chi connectivity index (χ2v) is 4.04. The summed E-state index contributed by atoms with van der Waals surface area (Å²) in [6.07, 6.45) is -1.52. The molecule has 3 heteroatoms. The van der Waals surface area contributed by atoms with Gasteiger partial charge in [0.25, 0.3) is 0 Å². The summed E-state index contributed by atoms with van der Waals surface area (Å²) in [5, 5.41) is 19.0. The number of hydrogen-bond donors (Lipinski definition) is 2. The summed E-state index contributed by atoms with van der Waals surface area (Å²) >= 11 is 0. The SMILES string of the molecule is CCOCC(O)C(O)C(C)(C)C. The molecule has 12 heavy (non-hydrogen) atoms. The Morgan fingerprint density at radius 2 is 1.75 bits per heavy atom. The third-order valence-corrected chi connectivity index (χ3v) is 1.74. The highest BCUT2D eigenvalue weighted by Crippen LogP contribution is 2.21. The summed E-state index contributed by atoms with van der Waals surface area (Å²) in [4.78, 5) is 0. The van der Waals surface area contributed by atoms with E-state index < -0.39 is 12.2 Å². The van der Waals surface area contributed by atoms with Crippen LogP contribution in [0.15, 0.2) is 0 Å². The first-order chi connectivity index (χ1) is 5.39. The fraction of sp³-hybridized carbons (Fsp3) is 1.00. The maximum Gasteiger partial charge on any atom is 0.104 e. The first-order valence-corrected chi connectivity index (χ1v) is 4.33. The van der Waals surface area contributed by atoms with Crippen LogP contribution in [0, 0.1) is 5.41 Å². The number of rotatable bonds is 4. The van der Waals surface area contributed by atoms with Crippen molar-refractivity contribution in [1.29, 1.82) is 0 Å². The molecule has 0 spiro atoms. The Kier molecular flexibility index (Phi) is 4.75. The molecule has 2 unspecified atom stereocenters. The molecule has 0 amide bonds. The van der Waals surface area contributed by atoms with Gasteiger partial charge in [-0.05, 0) is 12.3 Å². The molecule has 0 radical (unpaired) electrons. The van der Waals surface area contributed by atoms with Crippen molar-refractivity contribution in [3.63, 3.8) is 0 Å². The minimum atomic E-state index is -0.787. The van der Waals surface area contributed by atoms with Gasteiger partial charge >= 0.3 is 0 Å². The fourth-order valence-electron chi connectivity index (χ4n) is 0.907. The first kappa shape index (κ1) is 11.9. The zero-order chi connectivity index (χ0) is 9.78. The lowest BCUT2D eigenvalue weighted by molar-refractivity contribution is -0.0783. The van der Waals surface area contributed by atoms with E-state index in [1.807, 2.05) is 27.7 Å². The largest absolute Gasteiger partial charge is 0.390 e. The van der Waals surface area contributed by atoms with Crippen molar-refractivity contribution in [2.75, 3.05) is 13.2 Å². The van der Waals surface area contributed by atoms with Crippen LogP contribution in [0.1, 0.15) is 27.7 Å². The van der Waals surface area contributed by atoms with E-state index in [9.17, 15) is 10.2 Å². The van der Waals surface area contributed by atoms with E-state index >= 15 is 0 Å². The Balaban J connectivity index is 3.84. The van der Waals surface area contributed by atoms with Crippen molar-refractivity contribution in [2.24, 2.45) is 5.41 Å². The standard InChI is InChI=1S/C9H20O3/c1-5-12-6-7(10)8(11)9(2,3)4/h7-8,10-11H,5-6H2,1-4H3. The van der Waals surface area contributed by atoms with Crippen molar-refractivity contribution < 1.29 is 14.9 Å². The van der Waals surface area contributed by atoms with Crippen LogP contribution in [0.25, 0.3) is 0 Å². The fourth-order valence-corrected chi connectivity index (χ4v) is 0.907. The van der Waals surface area contributed by atoms with E-state index in [2.05, 4.69) is 0 Å². The van der Waals surface area contributed by atoms with E-state index in [1.165, 1.54) is 0 Å². The Hall–Kier alpha value is -0.120. The molecule has 0 saturated carbocycles. The molecule has 0 aliphatic heterocycles. The van der Waals surface area contributed by atoms with Crippen LogP contribution in [0.4, 0.5) is 0 Å². The number of aliphatic hydroxyl groups is 2. The Bertz CT molecular complexity index is 117. The van der Waals surface area contributed by atoms with Gasteiger partial charge in [-0.25, -0.2) is 0 Å². The molecule has 3 nitrogen and oxygen atoms in total. The monoisotopic (exact) mass is 176 g/mol. The first-order valence-electron chi connectivity index (χ1n) is 4.33. The predicted octanol–water partition coefficient (Wildman–Crippen LogP) is 0.791. The third kappa shape index (κ3) is 4.04. The van der Waals surface area contributed by atoms with Gasteiger partial charge in [0.05, 0.1) is 12.7 Å². The van der Waals surface area contributed by atoms with Crippen LogP contribution in [-0.4, -0.2) is 35.6 Å². The Labute approximate surface area is 74.4 Å². The molecule has 2 N–H and O–H groups in total. The minimum Gasteiger partial charge on any atom is -0.390 e. The lowest BCUT2D eigenvalue weighted by atomic mass is 9.86. The van der Waals surface area contributed by atoms with Gasteiger partial charge in [-0.3, -0.25) is 0 Å². The lowest BCUT2D eigenvalue weighted by Gasteiger charge is -2.29. The van der Waals surface area contributed by atoms with Crippen LogP contribution in [0.3, 0.4) is 0 Å². The van der Waals surface area contributed by atoms with Gasteiger partial charge < -0.3 is 14.9 Å². The maximum absolute atomic E-state index is 9.55. The van der Waals surface area contributed by atoms with Crippen LogP contribution in [-0.2, 0) is 4.74 Å². The highest BCUT2D eigenvalue weighted by Gasteiger charge is 2.28. The molecule has 0 rings (SSSR count). The Morgan fingerprint density at radius 3 is 2.08 bits per heavy atom. The van der Waals surface area contributed by atoms with E-state index in [-0.39, 0.29) is 12.0 Å². The van der Waals surface area contributed by atoms with Gasteiger partial charge in [-0.1, -0.05) is 20.8 Å². The van der Waals surface area contributed by atoms with Gasteiger partial charge in [-0.2, -0.15) is 0 Å². The van der Waals surface area contributed by atoms with Crippen molar-refractivity contribution in [1.82, 2.24) is 0 Å². The smallest absolute Gasteiger partial charge is 0.104 e. The van der Waals surface area contributed by atoms with Crippen molar-refractivity contribution in [3.8, 4) is 0 Å². The van der Waals surface area contributed by atoms with Gasteiger partial charge in [0.1, 0.15) is 6.10 Å². The molecule has 0 bridgehead atoms. The highest BCUT2D eigenvalue weighted by molar-refractivity contribution is 4.79. The van der Waals surface area contributed by atoms with Crippen LogP contribution in [0.2, 0.25) is 0 Å². The molecule has 0 aromatic rings. The molecule has 74 valence electrons. The summed E-state index contributed by atoms with van der Waals surface area (Å²) in [7, 11) is 0. The topological polar surface area (TPSA) is 49.7 Å². The molecular weight excluding hydrogens is 156 g/mol. The normalized spacial score (nSPS) is 17.5. The lowest BCUT2D eigenvalue weighted by Crippen LogP contribution is -2.40. The number of aliphatic hydroxyl groups excluding tert-OH is 2. The summed E-state index contributed by atoms with van der Waals surface area (Å²) in [5.41, 5.74) is -0.295. The number of ether oxygens (including phenoxy) is 1. The average Bonchev–Trinajstić information content (AvgIpc) is 1.97. The minimum absolute atomic E-state index is 0.203. The summed E-state index contributed by atoms with van der Waals surface area (Å²) in [6, 6.07) is 0. The molecule has 2 atom stereocenters. The van der Waals surface area contributed by atoms with Crippen molar-refractivity contribution in [2.45, 2.75) is 39.9 Å². The van der Waals surface area contributed by atoms with Crippen molar-refractivity contribution >= 4 is 0 Å². The van der Waals surface area contributed by atoms with Crippen LogP contribution in [0.5, 0.6) is 0 Å². The molecule has 0 aliphatic carbocycles. The molecular formula is C9H20O3. The molecule has 0 saturated heterocycles. The summed E-state index contributed by atoms with van der Waals surface area (Å²) in [6.45, 7) is 8.27. The predicted molar refractivity (Wildman–Crippen MR) is 48.0 cm³/mol. The van der Waals surface area contributed by atoms with Crippen LogP contribution < -0.4 is 0 Å². The van der Waals surface area contributed by atoms with E-state index in [4.69, 9.17) is 4.74 Å². The average molecular weight is 176 g/mol. The van der Waals surface area contributed by atoms with Gasteiger partial charge in [-0.15, -0.1) is 0 Å². The zero-order valence-electron chi connectivity index (χ0n) is 8.37. The summed E-state index contributed by atoms with van der Waals surface area (Å²) in [5.74, 6) is 0. The number of hydrogen-bond acceptors (Lipinski definition) is 3. The van der Waals surface area contributed by atoms with Gasteiger partial charge in [0.15, 0.2) is 0 Å². The third-order valence-electron chi connectivity index (χ3n) is 1.74. The second kappa shape index (κ2) is 4.80.